The number of halogens is 3. The van der Waals surface area contributed by atoms with Gasteiger partial charge in [-0.25, -0.2) is 13.4 Å². The van der Waals surface area contributed by atoms with E-state index in [1.54, 1.807) is 6.20 Å². The van der Waals surface area contributed by atoms with Gasteiger partial charge in [0, 0.05) is 17.5 Å². The summed E-state index contributed by atoms with van der Waals surface area (Å²) in [6.45, 7) is 6.08. The number of hydrogen-bond acceptors (Lipinski definition) is 3. The first-order valence-corrected chi connectivity index (χ1v) is 9.90. The molecule has 1 aliphatic rings. The summed E-state index contributed by atoms with van der Waals surface area (Å²) in [4.78, 5) is 7.39. The van der Waals surface area contributed by atoms with Crippen LogP contribution in [0.25, 0.3) is 0 Å². The molecule has 1 fully saturated rings. The average molecular weight is 386 g/mol. The van der Waals surface area contributed by atoms with Gasteiger partial charge in [0.1, 0.15) is 5.82 Å². The monoisotopic (exact) mass is 386 g/mol. The normalized spacial score (nSPS) is 21.5. The highest BCUT2D eigenvalue weighted by atomic mass is 32.2. The van der Waals surface area contributed by atoms with Crippen LogP contribution in [-0.2, 0) is 21.4 Å². The van der Waals surface area contributed by atoms with Crippen molar-refractivity contribution in [2.45, 2.75) is 61.3 Å². The number of nitrogens with one attached hydrogen (secondary N) is 1. The van der Waals surface area contributed by atoms with Crippen molar-refractivity contribution >= 4 is 9.84 Å². The number of aromatic amines is 1. The van der Waals surface area contributed by atoms with Gasteiger partial charge in [-0.2, -0.15) is 13.2 Å². The van der Waals surface area contributed by atoms with Gasteiger partial charge in [0.15, 0.2) is 9.84 Å². The maximum Gasteiger partial charge on any atom is 0.416 e. The SMILES string of the molecule is CC(C)(C)c1nc([C@H]2C[C@H](S(=O)(=O)c3cccc(C(F)(F)F)c3)C2)c[nH]1. The second kappa shape index (κ2) is 6.11. The fourth-order valence-electron chi connectivity index (χ4n) is 3.03. The second-order valence-corrected chi connectivity index (χ2v) is 10.0. The molecular formula is C18H21F3N2O2S. The summed E-state index contributed by atoms with van der Waals surface area (Å²) in [5, 5.41) is -0.675. The number of hydrogen-bond donors (Lipinski definition) is 1. The number of sulfone groups is 1. The fraction of sp³-hybridized carbons (Fsp3) is 0.500. The van der Waals surface area contributed by atoms with Crippen molar-refractivity contribution in [3.63, 3.8) is 0 Å². The van der Waals surface area contributed by atoms with E-state index in [1.165, 1.54) is 6.07 Å². The van der Waals surface area contributed by atoms with Gasteiger partial charge in [-0.3, -0.25) is 0 Å². The van der Waals surface area contributed by atoms with Crippen LogP contribution in [0.4, 0.5) is 13.2 Å². The lowest BCUT2D eigenvalue weighted by Gasteiger charge is -2.33. The van der Waals surface area contributed by atoms with Crippen LogP contribution in [-0.4, -0.2) is 23.6 Å². The molecule has 1 aromatic carbocycles. The Morgan fingerprint density at radius 2 is 1.81 bits per heavy atom. The summed E-state index contributed by atoms with van der Waals surface area (Å²) in [6.07, 6.45) is -2.04. The molecule has 0 radical (unpaired) electrons. The van der Waals surface area contributed by atoms with E-state index in [9.17, 15) is 21.6 Å². The lowest BCUT2D eigenvalue weighted by atomic mass is 9.82. The van der Waals surface area contributed by atoms with Crippen LogP contribution in [0.1, 0.15) is 56.6 Å². The van der Waals surface area contributed by atoms with E-state index in [-0.39, 0.29) is 16.2 Å². The summed E-state index contributed by atoms with van der Waals surface area (Å²) in [5.41, 5.74) is -0.270. The molecule has 0 atom stereocenters. The van der Waals surface area contributed by atoms with Gasteiger partial charge >= 0.3 is 6.18 Å². The van der Waals surface area contributed by atoms with E-state index >= 15 is 0 Å². The summed E-state index contributed by atoms with van der Waals surface area (Å²) in [5.74, 6) is 0.838. The van der Waals surface area contributed by atoms with Crippen molar-refractivity contribution in [3.05, 3.63) is 47.5 Å². The molecule has 142 valence electrons. The molecule has 4 nitrogen and oxygen atoms in total. The topological polar surface area (TPSA) is 62.8 Å². The van der Waals surface area contributed by atoms with Gasteiger partial charge in [0.2, 0.25) is 0 Å². The smallest absolute Gasteiger partial charge is 0.348 e. The van der Waals surface area contributed by atoms with E-state index in [1.807, 2.05) is 20.8 Å². The fourth-order valence-corrected chi connectivity index (χ4v) is 4.95. The Bertz CT molecular complexity index is 905. The van der Waals surface area contributed by atoms with Crippen molar-refractivity contribution in [2.75, 3.05) is 0 Å². The number of alkyl halides is 3. The Balaban J connectivity index is 1.75. The van der Waals surface area contributed by atoms with Crippen LogP contribution in [0.3, 0.4) is 0 Å². The third-order valence-corrected chi connectivity index (χ3v) is 6.92. The summed E-state index contributed by atoms with van der Waals surface area (Å²) >= 11 is 0. The molecule has 8 heteroatoms. The van der Waals surface area contributed by atoms with Crippen LogP contribution >= 0.6 is 0 Å². The molecule has 1 N–H and O–H groups in total. The third-order valence-electron chi connectivity index (χ3n) is 4.75. The Labute approximate surface area is 150 Å². The van der Waals surface area contributed by atoms with Gasteiger partial charge in [-0.05, 0) is 31.0 Å². The highest BCUT2D eigenvalue weighted by Crippen LogP contribution is 2.43. The van der Waals surface area contributed by atoms with Crippen molar-refractivity contribution in [1.29, 1.82) is 0 Å². The predicted octanol–water partition coefficient (Wildman–Crippen LogP) is 4.45. The van der Waals surface area contributed by atoms with Gasteiger partial charge in [-0.1, -0.05) is 26.8 Å². The number of benzene rings is 1. The number of H-pyrrole nitrogens is 1. The minimum absolute atomic E-state index is 0.00734. The second-order valence-electron chi connectivity index (χ2n) is 7.78. The number of rotatable bonds is 3. The van der Waals surface area contributed by atoms with Crippen LogP contribution in [0.5, 0.6) is 0 Å². The maximum absolute atomic E-state index is 12.8. The average Bonchev–Trinajstić information content (AvgIpc) is 2.94. The molecular weight excluding hydrogens is 365 g/mol. The molecule has 0 amide bonds. The van der Waals surface area contributed by atoms with Crippen LogP contribution in [0.2, 0.25) is 0 Å². The molecule has 3 rings (SSSR count). The molecule has 1 heterocycles. The van der Waals surface area contributed by atoms with Crippen molar-refractivity contribution < 1.29 is 21.6 Å². The largest absolute Gasteiger partial charge is 0.416 e. The van der Waals surface area contributed by atoms with Crippen molar-refractivity contribution in [3.8, 4) is 0 Å². The lowest BCUT2D eigenvalue weighted by molar-refractivity contribution is -0.137. The molecule has 2 aromatic rings. The van der Waals surface area contributed by atoms with Gasteiger partial charge in [0.05, 0.1) is 21.4 Å². The quantitative estimate of drug-likeness (QED) is 0.848. The molecule has 0 unspecified atom stereocenters. The minimum atomic E-state index is -4.56. The first-order chi connectivity index (χ1) is 11.9. The van der Waals surface area contributed by atoms with E-state index < -0.39 is 26.8 Å². The standard InChI is InChI=1S/C18H21F3N2O2S/c1-17(2,3)16-22-10-15(23-16)11-7-14(8-11)26(24,25)13-6-4-5-12(9-13)18(19,20)21/h4-6,9-11,14H,7-8H2,1-3H3,(H,22,23)/t11-,14-. The van der Waals surface area contributed by atoms with Crippen LogP contribution in [0.15, 0.2) is 35.4 Å². The molecule has 1 saturated carbocycles. The third kappa shape index (κ3) is 3.51. The van der Waals surface area contributed by atoms with E-state index in [4.69, 9.17) is 0 Å². The lowest BCUT2D eigenvalue weighted by Crippen LogP contribution is -2.35. The van der Waals surface area contributed by atoms with Gasteiger partial charge < -0.3 is 4.98 Å². The molecule has 26 heavy (non-hydrogen) atoms. The minimum Gasteiger partial charge on any atom is -0.348 e. The van der Waals surface area contributed by atoms with E-state index in [0.29, 0.717) is 12.8 Å². The zero-order valence-corrected chi connectivity index (χ0v) is 15.6. The molecule has 1 aliphatic carbocycles. The highest BCUT2D eigenvalue weighted by Gasteiger charge is 2.42. The Hall–Kier alpha value is -1.83. The Morgan fingerprint density at radius 1 is 1.15 bits per heavy atom. The first kappa shape index (κ1) is 18.9. The van der Waals surface area contributed by atoms with Crippen LogP contribution in [0, 0.1) is 0 Å². The number of aromatic nitrogens is 2. The summed E-state index contributed by atoms with van der Waals surface area (Å²) in [7, 11) is -3.79. The Kier molecular flexibility index (Phi) is 4.45. The van der Waals surface area contributed by atoms with Crippen molar-refractivity contribution in [2.24, 2.45) is 0 Å². The molecule has 0 aliphatic heterocycles. The maximum atomic E-state index is 12.8. The molecule has 0 spiro atoms. The van der Waals surface area contributed by atoms with E-state index in [2.05, 4.69) is 9.97 Å². The van der Waals surface area contributed by atoms with Crippen molar-refractivity contribution in [1.82, 2.24) is 9.97 Å². The zero-order valence-electron chi connectivity index (χ0n) is 14.8. The number of nitrogens with zero attached hydrogens (tertiary/aromatic N) is 1. The first-order valence-electron chi connectivity index (χ1n) is 8.36. The molecule has 1 aromatic heterocycles. The van der Waals surface area contributed by atoms with Crippen LogP contribution < -0.4 is 0 Å². The summed E-state index contributed by atoms with van der Waals surface area (Å²) in [6, 6.07) is 3.95. The number of imidazole rings is 1. The van der Waals surface area contributed by atoms with E-state index in [0.717, 1.165) is 29.7 Å². The van der Waals surface area contributed by atoms with Gasteiger partial charge in [-0.15, -0.1) is 0 Å². The Morgan fingerprint density at radius 3 is 2.35 bits per heavy atom. The molecule has 0 bridgehead atoms. The summed E-state index contributed by atoms with van der Waals surface area (Å²) < 4.78 is 63.8. The predicted molar refractivity (Wildman–Crippen MR) is 91.7 cm³/mol. The molecule has 0 saturated heterocycles. The highest BCUT2D eigenvalue weighted by molar-refractivity contribution is 7.92. The van der Waals surface area contributed by atoms with Gasteiger partial charge in [0.25, 0.3) is 0 Å². The zero-order chi connectivity index (χ0) is 19.3.